The van der Waals surface area contributed by atoms with Crippen molar-refractivity contribution < 1.29 is 0 Å². The number of thiophene rings is 1. The summed E-state index contributed by atoms with van der Waals surface area (Å²) in [5, 5.41) is 1.45. The predicted octanol–water partition coefficient (Wildman–Crippen LogP) is 7.95. The van der Waals surface area contributed by atoms with Crippen molar-refractivity contribution in [3.8, 4) is 0 Å². The van der Waals surface area contributed by atoms with Crippen molar-refractivity contribution in [2.75, 3.05) is 11.9 Å². The lowest BCUT2D eigenvalue weighted by Crippen LogP contribution is -2.19. The molecule has 0 saturated carbocycles. The van der Waals surface area contributed by atoms with E-state index < -0.39 is 0 Å². The van der Waals surface area contributed by atoms with Crippen molar-refractivity contribution in [2.24, 2.45) is 5.92 Å². The zero-order chi connectivity index (χ0) is 20.1. The van der Waals surface area contributed by atoms with Gasteiger partial charge in [0.15, 0.2) is 0 Å². The molecule has 3 aromatic rings. The van der Waals surface area contributed by atoms with E-state index in [1.54, 1.807) is 5.56 Å². The Balaban J connectivity index is 1.89. The van der Waals surface area contributed by atoms with Crippen LogP contribution in [0.15, 0.2) is 48.5 Å². The molecule has 0 saturated heterocycles. The molecule has 0 radical (unpaired) electrons. The number of para-hydroxylation sites is 1. The zero-order valence-corrected chi connectivity index (χ0v) is 18.8. The van der Waals surface area contributed by atoms with Gasteiger partial charge in [-0.15, -0.1) is 11.3 Å². The first-order valence-electron chi connectivity index (χ1n) is 10.4. The second-order valence-electron chi connectivity index (χ2n) is 9.24. The number of benzene rings is 2. The fraction of sp³-hybridized carbons (Fsp3) is 0.385. The zero-order valence-electron chi connectivity index (χ0n) is 18.0. The molecule has 146 valence electrons. The number of rotatable bonds is 3. The Hall–Kier alpha value is -2.06. The molecule has 0 aliphatic heterocycles. The molecule has 1 nitrogen and oxygen atoms in total. The summed E-state index contributed by atoms with van der Waals surface area (Å²) in [7, 11) is 2.22. The maximum absolute atomic E-state index is 2.46. The second-order valence-corrected chi connectivity index (χ2v) is 10.3. The summed E-state index contributed by atoms with van der Waals surface area (Å²) < 4.78 is 1.42. The third kappa shape index (κ3) is 3.18. The maximum Gasteiger partial charge on any atom is 0.0589 e. The van der Waals surface area contributed by atoms with Crippen molar-refractivity contribution in [1.29, 1.82) is 0 Å². The first-order chi connectivity index (χ1) is 13.3. The lowest BCUT2D eigenvalue weighted by molar-refractivity contribution is 0.590. The van der Waals surface area contributed by atoms with Gasteiger partial charge in [-0.2, -0.15) is 0 Å². The molecule has 0 fully saturated rings. The van der Waals surface area contributed by atoms with Crippen molar-refractivity contribution in [1.82, 2.24) is 0 Å². The number of fused-ring (bicyclic) bond motifs is 3. The fourth-order valence-corrected chi connectivity index (χ4v) is 5.98. The van der Waals surface area contributed by atoms with E-state index in [-0.39, 0.29) is 5.41 Å². The molecule has 0 bridgehead atoms. The number of hydrogen-bond acceptors (Lipinski definition) is 2. The Bertz CT molecular complexity index is 1050. The summed E-state index contributed by atoms with van der Waals surface area (Å²) in [6, 6.07) is 15.7. The maximum atomic E-state index is 2.46. The van der Waals surface area contributed by atoms with Gasteiger partial charge in [-0.05, 0) is 58.4 Å². The quantitative estimate of drug-likeness (QED) is 0.439. The Morgan fingerprint density at radius 2 is 1.68 bits per heavy atom. The molecule has 0 atom stereocenters. The average Bonchev–Trinajstić information content (AvgIpc) is 3.05. The van der Waals surface area contributed by atoms with Gasteiger partial charge < -0.3 is 4.90 Å². The summed E-state index contributed by atoms with van der Waals surface area (Å²) in [5.74, 6) is 0.579. The van der Waals surface area contributed by atoms with E-state index >= 15 is 0 Å². The van der Waals surface area contributed by atoms with Crippen LogP contribution in [0, 0.1) is 5.92 Å². The van der Waals surface area contributed by atoms with Crippen LogP contribution in [0.1, 0.15) is 57.0 Å². The molecule has 0 spiro atoms. The predicted molar refractivity (Wildman–Crippen MR) is 126 cm³/mol. The SMILES string of the molecule is CC(C)C1=CCCc2c1sc1c(N(C)c3ccccc3C(C)(C)C)cccc21. The lowest BCUT2D eigenvalue weighted by atomic mass is 9.85. The van der Waals surface area contributed by atoms with Crippen LogP contribution in [0.4, 0.5) is 11.4 Å². The summed E-state index contributed by atoms with van der Waals surface area (Å²) in [6.07, 6.45) is 4.79. The Labute approximate surface area is 173 Å². The molecule has 28 heavy (non-hydrogen) atoms. The highest BCUT2D eigenvalue weighted by atomic mass is 32.1. The summed E-state index contributed by atoms with van der Waals surface area (Å²) in [6.45, 7) is 11.5. The van der Waals surface area contributed by atoms with Gasteiger partial charge in [0.25, 0.3) is 0 Å². The minimum Gasteiger partial charge on any atom is -0.343 e. The first kappa shape index (κ1) is 19.3. The van der Waals surface area contributed by atoms with E-state index in [2.05, 4.69) is 95.1 Å². The molecule has 1 heterocycles. The van der Waals surface area contributed by atoms with Crippen molar-refractivity contribution >= 4 is 38.4 Å². The number of anilines is 2. The van der Waals surface area contributed by atoms with Gasteiger partial charge in [-0.3, -0.25) is 0 Å². The van der Waals surface area contributed by atoms with E-state index in [1.165, 1.54) is 43.9 Å². The number of aryl methyl sites for hydroxylation is 1. The minimum atomic E-state index is 0.112. The smallest absolute Gasteiger partial charge is 0.0589 e. The molecule has 0 N–H and O–H groups in total. The Morgan fingerprint density at radius 3 is 2.39 bits per heavy atom. The highest BCUT2D eigenvalue weighted by Gasteiger charge is 2.24. The molecule has 0 amide bonds. The molecular weight excluding hydrogens is 358 g/mol. The third-order valence-electron chi connectivity index (χ3n) is 5.88. The topological polar surface area (TPSA) is 3.24 Å². The monoisotopic (exact) mass is 389 g/mol. The standard InChI is InChI=1S/C26H31NS/c1-17(2)18-11-9-12-19-20-13-10-16-23(25(20)28-24(18)19)27(6)22-15-8-7-14-21(22)26(3,4)5/h7-8,10-11,13-17H,9,12H2,1-6H3. The van der Waals surface area contributed by atoms with E-state index in [9.17, 15) is 0 Å². The minimum absolute atomic E-state index is 0.112. The van der Waals surface area contributed by atoms with E-state index in [4.69, 9.17) is 0 Å². The lowest BCUT2D eigenvalue weighted by Gasteiger charge is -2.29. The van der Waals surface area contributed by atoms with Crippen LogP contribution in [-0.2, 0) is 11.8 Å². The molecule has 0 unspecified atom stereocenters. The number of allylic oxidation sites excluding steroid dienone is 2. The largest absolute Gasteiger partial charge is 0.343 e. The van der Waals surface area contributed by atoms with Gasteiger partial charge in [0.2, 0.25) is 0 Å². The van der Waals surface area contributed by atoms with Gasteiger partial charge >= 0.3 is 0 Å². The number of hydrogen-bond donors (Lipinski definition) is 0. The van der Waals surface area contributed by atoms with E-state index in [0.717, 1.165) is 6.42 Å². The van der Waals surface area contributed by atoms with E-state index in [1.807, 2.05) is 11.3 Å². The van der Waals surface area contributed by atoms with Crippen LogP contribution in [-0.4, -0.2) is 7.05 Å². The molecule has 1 aliphatic carbocycles. The van der Waals surface area contributed by atoms with Crippen LogP contribution < -0.4 is 4.90 Å². The Morgan fingerprint density at radius 1 is 0.964 bits per heavy atom. The molecular formula is C26H31NS. The number of nitrogens with zero attached hydrogens (tertiary/aromatic N) is 1. The van der Waals surface area contributed by atoms with Gasteiger partial charge in [0.1, 0.15) is 0 Å². The van der Waals surface area contributed by atoms with Crippen molar-refractivity contribution in [2.45, 2.75) is 52.9 Å². The highest BCUT2D eigenvalue weighted by molar-refractivity contribution is 7.21. The summed E-state index contributed by atoms with van der Waals surface area (Å²) in [5.41, 5.74) is 7.21. The van der Waals surface area contributed by atoms with E-state index in [0.29, 0.717) is 5.92 Å². The van der Waals surface area contributed by atoms with Crippen LogP contribution in [0.25, 0.3) is 15.7 Å². The Kier molecular flexibility index (Phi) is 4.87. The second kappa shape index (κ2) is 7.08. The van der Waals surface area contributed by atoms with Gasteiger partial charge in [0.05, 0.1) is 10.4 Å². The fourth-order valence-electron chi connectivity index (χ4n) is 4.39. The molecule has 2 heteroatoms. The molecule has 1 aromatic heterocycles. The van der Waals surface area contributed by atoms with Crippen LogP contribution >= 0.6 is 11.3 Å². The first-order valence-corrected chi connectivity index (χ1v) is 11.2. The van der Waals surface area contributed by atoms with Crippen LogP contribution in [0.2, 0.25) is 0 Å². The highest BCUT2D eigenvalue weighted by Crippen LogP contribution is 2.46. The van der Waals surface area contributed by atoms with Crippen molar-refractivity contribution in [3.05, 3.63) is 64.5 Å². The molecule has 4 rings (SSSR count). The van der Waals surface area contributed by atoms with Gasteiger partial charge in [-0.25, -0.2) is 0 Å². The van der Waals surface area contributed by atoms with Crippen LogP contribution in [0.5, 0.6) is 0 Å². The van der Waals surface area contributed by atoms with Gasteiger partial charge in [0, 0.05) is 17.6 Å². The molecule has 1 aliphatic rings. The van der Waals surface area contributed by atoms with Gasteiger partial charge in [-0.1, -0.05) is 71.0 Å². The summed E-state index contributed by atoms with van der Waals surface area (Å²) in [4.78, 5) is 3.91. The van der Waals surface area contributed by atoms with Crippen molar-refractivity contribution in [3.63, 3.8) is 0 Å². The normalized spacial score (nSPS) is 14.3. The molecule has 2 aromatic carbocycles. The summed E-state index contributed by atoms with van der Waals surface area (Å²) >= 11 is 1.99. The van der Waals surface area contributed by atoms with Crippen LogP contribution in [0.3, 0.4) is 0 Å². The average molecular weight is 390 g/mol. The third-order valence-corrected chi connectivity index (χ3v) is 7.19.